The van der Waals surface area contributed by atoms with Gasteiger partial charge in [-0.05, 0) is 58.9 Å². The van der Waals surface area contributed by atoms with Crippen molar-refractivity contribution in [3.8, 4) is 0 Å². The van der Waals surface area contributed by atoms with Crippen molar-refractivity contribution in [3.05, 3.63) is 11.6 Å². The lowest BCUT2D eigenvalue weighted by Crippen LogP contribution is -2.33. The van der Waals surface area contributed by atoms with E-state index in [1.165, 1.54) is 0 Å². The second-order valence-corrected chi connectivity index (χ2v) is 21.8. The van der Waals surface area contributed by atoms with Crippen molar-refractivity contribution in [2.24, 2.45) is 0 Å². The van der Waals surface area contributed by atoms with Crippen LogP contribution >= 0.6 is 0 Å². The molecule has 0 rings (SSSR count). The molecule has 0 spiro atoms. The molecule has 0 bridgehead atoms. The molecule has 0 fully saturated rings. The molecular weight excluding hydrogens is 360 g/mol. The molecule has 9 heteroatoms. The van der Waals surface area contributed by atoms with Gasteiger partial charge in [0.1, 0.15) is 0 Å². The third kappa shape index (κ3) is 12.3. The number of hydrogen-bond acceptors (Lipinski definition) is 6. The summed E-state index contributed by atoms with van der Waals surface area (Å²) in [5.74, 6) is -1.82. The van der Waals surface area contributed by atoms with Crippen LogP contribution in [0.1, 0.15) is 6.42 Å². The molecule has 0 aliphatic heterocycles. The second kappa shape index (κ2) is 8.26. The van der Waals surface area contributed by atoms with E-state index in [1.54, 1.807) is 0 Å². The van der Waals surface area contributed by atoms with Gasteiger partial charge in [-0.25, -0.2) is 9.59 Å². The molecule has 0 unspecified atom stereocenters. The zero-order chi connectivity index (χ0) is 19.3. The molecule has 0 heterocycles. The fraction of sp³-hybridized carbons (Fsp3) is 0.667. The van der Waals surface area contributed by atoms with Crippen LogP contribution in [0, 0.1) is 0 Å². The molecule has 0 radical (unpaired) electrons. The lowest BCUT2D eigenvalue weighted by Gasteiger charge is -2.21. The van der Waals surface area contributed by atoms with Crippen molar-refractivity contribution in [1.29, 1.82) is 0 Å². The average Bonchev–Trinajstić information content (AvgIpc) is 2.19. The largest absolute Gasteiger partial charge is 0.520 e. The topological polar surface area (TPSA) is 78.9 Å². The lowest BCUT2D eigenvalue weighted by molar-refractivity contribution is -0.138. The van der Waals surface area contributed by atoms with Gasteiger partial charge in [-0.3, -0.25) is 4.79 Å². The molecule has 0 aliphatic carbocycles. The smallest absolute Gasteiger partial charge is 0.321 e. The Morgan fingerprint density at radius 1 is 0.708 bits per heavy atom. The van der Waals surface area contributed by atoms with Gasteiger partial charge >= 0.3 is 11.9 Å². The highest BCUT2D eigenvalue weighted by atomic mass is 28.4. The minimum absolute atomic E-state index is 0.0241. The first-order chi connectivity index (χ1) is 10.5. The predicted molar refractivity (Wildman–Crippen MR) is 101 cm³/mol. The first kappa shape index (κ1) is 22.8. The summed E-state index contributed by atoms with van der Waals surface area (Å²) in [4.78, 5) is 36.4. The van der Waals surface area contributed by atoms with E-state index in [1.807, 2.05) is 58.9 Å². The zero-order valence-corrected chi connectivity index (χ0v) is 19.2. The summed E-state index contributed by atoms with van der Waals surface area (Å²) < 4.78 is 16.1. The first-order valence-corrected chi connectivity index (χ1v) is 18.1. The average molecular weight is 391 g/mol. The van der Waals surface area contributed by atoms with Gasteiger partial charge < -0.3 is 13.3 Å². The third-order valence-electron chi connectivity index (χ3n) is 2.11. The summed E-state index contributed by atoms with van der Waals surface area (Å²) in [5.41, 5.74) is -0.0241. The van der Waals surface area contributed by atoms with Gasteiger partial charge in [0, 0.05) is 6.08 Å². The highest BCUT2D eigenvalue weighted by Gasteiger charge is 2.28. The van der Waals surface area contributed by atoms with E-state index in [4.69, 9.17) is 13.3 Å². The molecular formula is C15H30O6Si3. The Morgan fingerprint density at radius 3 is 1.50 bits per heavy atom. The normalized spacial score (nSPS) is 13.3. The Labute approximate surface area is 147 Å². The van der Waals surface area contributed by atoms with Gasteiger partial charge in [0.15, 0.2) is 0 Å². The van der Waals surface area contributed by atoms with Crippen LogP contribution in [0.5, 0.6) is 0 Å². The maximum Gasteiger partial charge on any atom is 0.321 e. The minimum atomic E-state index is -2.16. The summed E-state index contributed by atoms with van der Waals surface area (Å²) in [7, 11) is -6.33. The van der Waals surface area contributed by atoms with Crippen LogP contribution in [-0.2, 0) is 27.7 Å². The molecule has 0 saturated heterocycles. The molecule has 0 aliphatic rings. The molecule has 6 nitrogen and oxygen atoms in total. The Morgan fingerprint density at radius 2 is 1.12 bits per heavy atom. The molecule has 0 aromatic carbocycles. The van der Waals surface area contributed by atoms with Crippen molar-refractivity contribution in [2.75, 3.05) is 0 Å². The standard InChI is InChI=1S/C15H30O6Si3/c1-22(2,3)19-13(16)10-12(15(18)21-24(7,8)9)11-14(17)20-23(4,5)6/h10H,11H2,1-9H3/b12-10+. The van der Waals surface area contributed by atoms with Crippen LogP contribution in [0.25, 0.3) is 0 Å². The number of carbonyl (C=O) groups is 3. The fourth-order valence-corrected chi connectivity index (χ4v) is 3.64. The van der Waals surface area contributed by atoms with Gasteiger partial charge in [-0.2, -0.15) is 0 Å². The van der Waals surface area contributed by atoms with Crippen molar-refractivity contribution >= 4 is 42.9 Å². The Balaban J connectivity index is 5.33. The lowest BCUT2D eigenvalue weighted by atomic mass is 10.2. The molecule has 24 heavy (non-hydrogen) atoms. The molecule has 0 saturated carbocycles. The fourth-order valence-electron chi connectivity index (χ4n) is 1.53. The summed E-state index contributed by atoms with van der Waals surface area (Å²) in [6.07, 6.45) is 0.764. The van der Waals surface area contributed by atoms with E-state index in [0.29, 0.717) is 0 Å². The minimum Gasteiger partial charge on any atom is -0.520 e. The maximum atomic E-state index is 12.3. The SMILES string of the molecule is C[Si](C)(C)OC(=O)/C=C(\CC(=O)O[Si](C)(C)C)C(=O)O[Si](C)(C)C. The van der Waals surface area contributed by atoms with Gasteiger partial charge in [0.2, 0.25) is 25.0 Å². The van der Waals surface area contributed by atoms with E-state index in [0.717, 1.165) is 6.08 Å². The van der Waals surface area contributed by atoms with Crippen molar-refractivity contribution in [2.45, 2.75) is 65.3 Å². The van der Waals surface area contributed by atoms with Crippen LogP contribution in [0.4, 0.5) is 0 Å². The highest BCUT2D eigenvalue weighted by molar-refractivity contribution is 6.72. The first-order valence-electron chi connectivity index (χ1n) is 7.87. The number of rotatable bonds is 7. The molecule has 0 amide bonds. The number of carbonyl (C=O) groups excluding carboxylic acids is 3. The third-order valence-corrected chi connectivity index (χ3v) is 4.57. The van der Waals surface area contributed by atoms with Crippen LogP contribution in [0.3, 0.4) is 0 Å². The molecule has 138 valence electrons. The number of hydrogen-bond donors (Lipinski definition) is 0. The molecule has 0 N–H and O–H groups in total. The quantitative estimate of drug-likeness (QED) is 0.489. The van der Waals surface area contributed by atoms with Gasteiger partial charge in [-0.15, -0.1) is 0 Å². The van der Waals surface area contributed by atoms with Gasteiger partial charge in [-0.1, -0.05) is 0 Å². The summed E-state index contributed by atoms with van der Waals surface area (Å²) in [6, 6.07) is 0. The van der Waals surface area contributed by atoms with E-state index in [9.17, 15) is 14.4 Å². The van der Waals surface area contributed by atoms with Crippen molar-refractivity contribution in [3.63, 3.8) is 0 Å². The van der Waals surface area contributed by atoms with E-state index >= 15 is 0 Å². The summed E-state index contributed by atoms with van der Waals surface area (Å²) in [5, 5.41) is 0. The molecule has 0 atom stereocenters. The summed E-state index contributed by atoms with van der Waals surface area (Å²) >= 11 is 0. The van der Waals surface area contributed by atoms with Crippen LogP contribution in [0.2, 0.25) is 58.9 Å². The van der Waals surface area contributed by atoms with Crippen LogP contribution in [-0.4, -0.2) is 42.9 Å². The van der Waals surface area contributed by atoms with E-state index < -0.39 is 42.9 Å². The van der Waals surface area contributed by atoms with E-state index in [-0.39, 0.29) is 12.0 Å². The second-order valence-electron chi connectivity index (χ2n) is 8.47. The molecule has 0 aromatic heterocycles. The predicted octanol–water partition coefficient (Wildman–Crippen LogP) is 3.44. The van der Waals surface area contributed by atoms with Crippen LogP contribution in [0.15, 0.2) is 11.6 Å². The van der Waals surface area contributed by atoms with Gasteiger partial charge in [0.25, 0.3) is 5.97 Å². The van der Waals surface area contributed by atoms with Crippen molar-refractivity contribution in [1.82, 2.24) is 0 Å². The Hall–Kier alpha value is -1.20. The maximum absolute atomic E-state index is 12.3. The Bertz CT molecular complexity index is 521. The highest BCUT2D eigenvalue weighted by Crippen LogP contribution is 2.15. The van der Waals surface area contributed by atoms with Crippen molar-refractivity contribution < 1.29 is 27.7 Å². The monoisotopic (exact) mass is 390 g/mol. The van der Waals surface area contributed by atoms with Crippen LogP contribution < -0.4 is 0 Å². The molecule has 0 aromatic rings. The summed E-state index contributed by atoms with van der Waals surface area (Å²) in [6.45, 7) is 16.7. The van der Waals surface area contributed by atoms with E-state index in [2.05, 4.69) is 0 Å². The Kier molecular flexibility index (Phi) is 7.84. The van der Waals surface area contributed by atoms with Gasteiger partial charge in [0.05, 0.1) is 12.0 Å². The zero-order valence-electron chi connectivity index (χ0n) is 16.2.